The number of hydrogen-bond donors (Lipinski definition) is 0. The number of carbonyl (C=O) groups excluding carboxylic acids is 2. The lowest BCUT2D eigenvalue weighted by atomic mass is 10.1. The Morgan fingerprint density at radius 1 is 0.969 bits per heavy atom. The second kappa shape index (κ2) is 8.93. The predicted octanol–water partition coefficient (Wildman–Crippen LogP) is 4.72. The van der Waals surface area contributed by atoms with Gasteiger partial charge < -0.3 is 18.9 Å². The average molecular weight is 434 g/mol. The Balaban J connectivity index is 1.50. The van der Waals surface area contributed by atoms with E-state index in [4.69, 9.17) is 18.9 Å². The Kier molecular flexibility index (Phi) is 5.89. The topological polar surface area (TPSA) is 71.1 Å². The third kappa shape index (κ3) is 4.32. The highest BCUT2D eigenvalue weighted by Gasteiger charge is 2.28. The fourth-order valence-corrected chi connectivity index (χ4v) is 3.22. The van der Waals surface area contributed by atoms with E-state index in [1.54, 1.807) is 49.6 Å². The predicted molar refractivity (Wildman–Crippen MR) is 115 cm³/mol. The minimum absolute atomic E-state index is 0.131. The number of allylic oxidation sites excluding steroid dienone is 1. The molecule has 0 unspecified atom stereocenters. The summed E-state index contributed by atoms with van der Waals surface area (Å²) in [6.07, 6.45) is 1.59. The van der Waals surface area contributed by atoms with E-state index >= 15 is 0 Å². The number of ether oxygens (including phenoxy) is 4. The number of benzene rings is 3. The van der Waals surface area contributed by atoms with Crippen molar-refractivity contribution in [1.29, 1.82) is 0 Å². The summed E-state index contributed by atoms with van der Waals surface area (Å²) in [6.45, 7) is -0.234. The molecule has 1 heterocycles. The van der Waals surface area contributed by atoms with Gasteiger partial charge in [-0.05, 0) is 60.7 Å². The average Bonchev–Trinajstić information content (AvgIpc) is 3.12. The Hall–Kier alpha value is -4.13. The van der Waals surface area contributed by atoms with E-state index in [1.165, 1.54) is 31.4 Å². The summed E-state index contributed by atoms with van der Waals surface area (Å²) in [5.41, 5.74) is 1.36. The van der Waals surface area contributed by atoms with Gasteiger partial charge in [-0.25, -0.2) is 4.39 Å². The molecule has 3 aromatic rings. The number of Topliss-reactive ketones (excluding diaryl/α,β-unsaturated/α-hetero) is 2. The summed E-state index contributed by atoms with van der Waals surface area (Å²) < 4.78 is 34.9. The van der Waals surface area contributed by atoms with Crippen LogP contribution in [0.25, 0.3) is 6.08 Å². The van der Waals surface area contributed by atoms with Crippen molar-refractivity contribution in [2.75, 3.05) is 20.8 Å². The van der Waals surface area contributed by atoms with Crippen LogP contribution in [0.3, 0.4) is 0 Å². The zero-order valence-corrected chi connectivity index (χ0v) is 17.4. The molecule has 0 aliphatic carbocycles. The number of methoxy groups -OCH3 is 2. The summed E-state index contributed by atoms with van der Waals surface area (Å²) in [6, 6.07) is 15.2. The first-order valence-corrected chi connectivity index (χ1v) is 9.70. The smallest absolute Gasteiger partial charge is 0.231 e. The van der Waals surface area contributed by atoms with Gasteiger partial charge in [0.15, 0.2) is 18.1 Å². The lowest BCUT2D eigenvalue weighted by molar-refractivity contribution is 0.0920. The Morgan fingerprint density at radius 3 is 2.44 bits per heavy atom. The zero-order valence-electron chi connectivity index (χ0n) is 17.4. The second-order valence-electron chi connectivity index (χ2n) is 6.92. The highest BCUT2D eigenvalue weighted by atomic mass is 19.1. The van der Waals surface area contributed by atoms with Crippen LogP contribution in [0.4, 0.5) is 4.39 Å². The van der Waals surface area contributed by atoms with E-state index in [-0.39, 0.29) is 23.9 Å². The van der Waals surface area contributed by atoms with Crippen molar-refractivity contribution in [3.8, 4) is 23.0 Å². The van der Waals surface area contributed by atoms with Gasteiger partial charge in [0.25, 0.3) is 0 Å². The third-order valence-corrected chi connectivity index (χ3v) is 4.90. The van der Waals surface area contributed by atoms with Crippen molar-refractivity contribution >= 4 is 17.6 Å². The van der Waals surface area contributed by atoms with Crippen LogP contribution in [0.15, 0.2) is 66.4 Å². The number of halogens is 1. The van der Waals surface area contributed by atoms with Gasteiger partial charge in [0, 0.05) is 17.2 Å². The van der Waals surface area contributed by atoms with Crippen molar-refractivity contribution in [2.45, 2.75) is 0 Å². The molecule has 0 saturated carbocycles. The maximum absolute atomic E-state index is 13.0. The van der Waals surface area contributed by atoms with Gasteiger partial charge in [-0.1, -0.05) is 0 Å². The van der Waals surface area contributed by atoms with E-state index in [9.17, 15) is 14.0 Å². The number of ketones is 2. The van der Waals surface area contributed by atoms with Gasteiger partial charge in [0.1, 0.15) is 28.8 Å². The standard InChI is InChI=1S/C25H19FO6/c1-29-18-8-10-22(30-2)16(11-18)12-24-25(28)20-9-7-19(13-23(20)32-24)31-14-21(27)15-3-5-17(26)6-4-15/h3-13H,14H2,1-2H3/b24-12-. The van der Waals surface area contributed by atoms with Crippen LogP contribution >= 0.6 is 0 Å². The van der Waals surface area contributed by atoms with Crippen LogP contribution in [0, 0.1) is 5.82 Å². The quantitative estimate of drug-likeness (QED) is 0.396. The molecule has 4 rings (SSSR count). The maximum atomic E-state index is 13.0. The molecule has 0 bridgehead atoms. The molecule has 162 valence electrons. The highest BCUT2D eigenvalue weighted by molar-refractivity contribution is 6.14. The molecule has 0 amide bonds. The van der Waals surface area contributed by atoms with E-state index in [0.29, 0.717) is 39.7 Å². The number of fused-ring (bicyclic) bond motifs is 1. The molecule has 1 aliphatic heterocycles. The lowest BCUT2D eigenvalue weighted by Gasteiger charge is -2.08. The SMILES string of the molecule is COc1ccc(OC)c(/C=C2\Oc3cc(OCC(=O)c4ccc(F)cc4)ccc3C2=O)c1. The van der Waals surface area contributed by atoms with Crippen LogP contribution in [-0.2, 0) is 0 Å². The maximum Gasteiger partial charge on any atom is 0.231 e. The third-order valence-electron chi connectivity index (χ3n) is 4.90. The van der Waals surface area contributed by atoms with Crippen molar-refractivity contribution in [2.24, 2.45) is 0 Å². The minimum Gasteiger partial charge on any atom is -0.497 e. The Labute approximate surface area is 183 Å². The Morgan fingerprint density at radius 2 is 1.72 bits per heavy atom. The molecular weight excluding hydrogens is 415 g/mol. The first-order chi connectivity index (χ1) is 15.5. The van der Waals surface area contributed by atoms with Crippen LogP contribution in [0.1, 0.15) is 26.3 Å². The molecular formula is C25H19FO6. The van der Waals surface area contributed by atoms with Crippen molar-refractivity contribution < 1.29 is 32.9 Å². The normalized spacial score (nSPS) is 13.5. The van der Waals surface area contributed by atoms with E-state index < -0.39 is 5.82 Å². The first kappa shape index (κ1) is 21.1. The van der Waals surface area contributed by atoms with Crippen LogP contribution in [0.5, 0.6) is 23.0 Å². The molecule has 0 atom stereocenters. The Bertz CT molecular complexity index is 1210. The molecule has 3 aromatic carbocycles. The highest BCUT2D eigenvalue weighted by Crippen LogP contribution is 2.36. The fraction of sp³-hybridized carbons (Fsp3) is 0.120. The summed E-state index contributed by atoms with van der Waals surface area (Å²) in [5.74, 6) is 1.01. The molecule has 0 N–H and O–H groups in total. The van der Waals surface area contributed by atoms with E-state index in [1.807, 2.05) is 0 Å². The van der Waals surface area contributed by atoms with Crippen molar-refractivity contribution in [3.63, 3.8) is 0 Å². The van der Waals surface area contributed by atoms with Crippen LogP contribution < -0.4 is 18.9 Å². The molecule has 0 fully saturated rings. The second-order valence-corrected chi connectivity index (χ2v) is 6.92. The molecule has 0 saturated heterocycles. The van der Waals surface area contributed by atoms with Gasteiger partial charge in [-0.15, -0.1) is 0 Å². The number of carbonyl (C=O) groups is 2. The summed E-state index contributed by atoms with van der Waals surface area (Å²) in [4.78, 5) is 25.0. The van der Waals surface area contributed by atoms with Gasteiger partial charge in [-0.3, -0.25) is 9.59 Å². The van der Waals surface area contributed by atoms with Crippen molar-refractivity contribution in [3.05, 3.63) is 88.9 Å². The minimum atomic E-state index is -0.418. The van der Waals surface area contributed by atoms with Gasteiger partial charge in [-0.2, -0.15) is 0 Å². The van der Waals surface area contributed by atoms with E-state index in [0.717, 1.165) is 0 Å². The molecule has 7 heteroatoms. The molecule has 6 nitrogen and oxygen atoms in total. The molecule has 32 heavy (non-hydrogen) atoms. The zero-order chi connectivity index (χ0) is 22.7. The van der Waals surface area contributed by atoms with Gasteiger partial charge >= 0.3 is 0 Å². The van der Waals surface area contributed by atoms with Gasteiger partial charge in [0.05, 0.1) is 19.8 Å². The number of hydrogen-bond acceptors (Lipinski definition) is 6. The summed E-state index contributed by atoms with van der Waals surface area (Å²) in [7, 11) is 3.08. The van der Waals surface area contributed by atoms with Crippen LogP contribution in [-0.4, -0.2) is 32.4 Å². The lowest BCUT2D eigenvalue weighted by Crippen LogP contribution is -2.11. The summed E-state index contributed by atoms with van der Waals surface area (Å²) in [5, 5.41) is 0. The monoisotopic (exact) mass is 434 g/mol. The molecule has 1 aliphatic rings. The van der Waals surface area contributed by atoms with E-state index in [2.05, 4.69) is 0 Å². The number of rotatable bonds is 7. The summed E-state index contributed by atoms with van der Waals surface area (Å²) >= 11 is 0. The molecule has 0 spiro atoms. The first-order valence-electron chi connectivity index (χ1n) is 9.70. The van der Waals surface area contributed by atoms with Gasteiger partial charge in [0.2, 0.25) is 5.78 Å². The fourth-order valence-electron chi connectivity index (χ4n) is 3.22. The van der Waals surface area contributed by atoms with Crippen LogP contribution in [0.2, 0.25) is 0 Å². The molecule has 0 radical (unpaired) electrons. The van der Waals surface area contributed by atoms with Crippen molar-refractivity contribution in [1.82, 2.24) is 0 Å². The largest absolute Gasteiger partial charge is 0.497 e. The molecule has 0 aromatic heterocycles.